The Kier molecular flexibility index (Phi) is 2.44. The van der Waals surface area contributed by atoms with Crippen molar-refractivity contribution in [1.29, 1.82) is 0 Å². The van der Waals surface area contributed by atoms with Gasteiger partial charge in [0, 0.05) is 12.1 Å². The van der Waals surface area contributed by atoms with Crippen LogP contribution < -0.4 is 5.32 Å². The lowest BCUT2D eigenvalue weighted by Gasteiger charge is -2.04. The Labute approximate surface area is 115 Å². The second-order valence-electron chi connectivity index (χ2n) is 5.29. The fourth-order valence-corrected chi connectivity index (χ4v) is 3.43. The third kappa shape index (κ3) is 1.78. The summed E-state index contributed by atoms with van der Waals surface area (Å²) in [5.41, 5.74) is 1.84. The molecule has 0 bridgehead atoms. The first-order valence-corrected chi connectivity index (χ1v) is 6.83. The third-order valence-electron chi connectivity index (χ3n) is 4.20. The maximum atomic E-state index is 13.0. The summed E-state index contributed by atoms with van der Waals surface area (Å²) in [5.74, 6) is 1.74. The Hall–Kier alpha value is -1.39. The van der Waals surface area contributed by atoms with Crippen LogP contribution in [0.3, 0.4) is 0 Å². The Morgan fingerprint density at radius 1 is 1.26 bits per heavy atom. The van der Waals surface area contributed by atoms with E-state index in [0.717, 1.165) is 36.3 Å². The van der Waals surface area contributed by atoms with Gasteiger partial charge in [0.25, 0.3) is 0 Å². The Morgan fingerprint density at radius 2 is 2.05 bits per heavy atom. The molecule has 1 saturated heterocycles. The van der Waals surface area contributed by atoms with Crippen LogP contribution in [-0.2, 0) is 0 Å². The van der Waals surface area contributed by atoms with Crippen molar-refractivity contribution in [3.63, 3.8) is 0 Å². The number of rotatable bonds is 2. The Morgan fingerprint density at radius 3 is 2.79 bits per heavy atom. The number of nitrogens with zero attached hydrogens (tertiary/aromatic N) is 2. The standard InChI is InChI=1S/C14H13ClFN3/c15-11-5-8(16)1-2-13(11)19-4-3-12(18-19)14-9-6-17-7-10(9)14/h1-5,9-10,14,17H,6-7H2. The molecular weight excluding hydrogens is 265 g/mol. The van der Waals surface area contributed by atoms with E-state index in [1.807, 2.05) is 12.3 Å². The van der Waals surface area contributed by atoms with Crippen LogP contribution in [0.4, 0.5) is 4.39 Å². The molecule has 3 nitrogen and oxygen atoms in total. The Bertz CT molecular complexity index is 629. The summed E-state index contributed by atoms with van der Waals surface area (Å²) in [6.07, 6.45) is 1.90. The molecule has 4 rings (SSSR count). The molecule has 2 atom stereocenters. The SMILES string of the molecule is Fc1ccc(-n2ccc(C3C4CNCC43)n2)c(Cl)c1. The average molecular weight is 278 g/mol. The number of piperidine rings is 1. The zero-order chi connectivity index (χ0) is 13.0. The number of aromatic nitrogens is 2. The number of halogens is 2. The summed E-state index contributed by atoms with van der Waals surface area (Å²) in [4.78, 5) is 0. The summed E-state index contributed by atoms with van der Waals surface area (Å²) in [7, 11) is 0. The lowest BCUT2D eigenvalue weighted by atomic mass is 10.2. The van der Waals surface area contributed by atoms with Crippen LogP contribution in [0.5, 0.6) is 0 Å². The van der Waals surface area contributed by atoms with Crippen molar-refractivity contribution >= 4 is 11.6 Å². The molecule has 2 unspecified atom stereocenters. The van der Waals surface area contributed by atoms with Gasteiger partial charge in [0.05, 0.1) is 16.4 Å². The molecule has 0 amide bonds. The van der Waals surface area contributed by atoms with Crippen molar-refractivity contribution in [3.8, 4) is 5.69 Å². The molecule has 1 aliphatic heterocycles. The molecule has 1 N–H and O–H groups in total. The average Bonchev–Trinajstić information content (AvgIpc) is 2.82. The first-order chi connectivity index (χ1) is 9.24. The molecule has 0 radical (unpaired) electrons. The third-order valence-corrected chi connectivity index (χ3v) is 4.50. The smallest absolute Gasteiger partial charge is 0.124 e. The summed E-state index contributed by atoms with van der Waals surface area (Å²) in [5, 5.41) is 8.36. The van der Waals surface area contributed by atoms with Crippen LogP contribution in [0.2, 0.25) is 5.02 Å². The first-order valence-electron chi connectivity index (χ1n) is 6.46. The fourth-order valence-electron chi connectivity index (χ4n) is 3.17. The number of hydrogen-bond donors (Lipinski definition) is 1. The van der Waals surface area contributed by atoms with E-state index < -0.39 is 0 Å². The van der Waals surface area contributed by atoms with E-state index in [1.54, 1.807) is 10.7 Å². The molecule has 1 aliphatic carbocycles. The molecular formula is C14H13ClFN3. The number of benzene rings is 1. The molecule has 2 aliphatic rings. The maximum Gasteiger partial charge on any atom is 0.124 e. The van der Waals surface area contributed by atoms with Gasteiger partial charge in [0.15, 0.2) is 0 Å². The summed E-state index contributed by atoms with van der Waals surface area (Å²) < 4.78 is 14.8. The highest BCUT2D eigenvalue weighted by atomic mass is 35.5. The predicted molar refractivity (Wildman–Crippen MR) is 71.1 cm³/mol. The molecule has 2 fully saturated rings. The van der Waals surface area contributed by atoms with Gasteiger partial charge in [-0.3, -0.25) is 0 Å². The van der Waals surface area contributed by atoms with Crippen LogP contribution >= 0.6 is 11.6 Å². The van der Waals surface area contributed by atoms with E-state index in [2.05, 4.69) is 10.4 Å². The van der Waals surface area contributed by atoms with Crippen LogP contribution in [0.25, 0.3) is 5.69 Å². The van der Waals surface area contributed by atoms with Gasteiger partial charge in [-0.05, 0) is 49.2 Å². The minimum absolute atomic E-state index is 0.330. The highest BCUT2D eigenvalue weighted by Gasteiger charge is 2.54. The van der Waals surface area contributed by atoms with E-state index >= 15 is 0 Å². The molecule has 2 heterocycles. The zero-order valence-electron chi connectivity index (χ0n) is 10.2. The minimum Gasteiger partial charge on any atom is -0.316 e. The highest BCUT2D eigenvalue weighted by molar-refractivity contribution is 6.32. The quantitative estimate of drug-likeness (QED) is 0.914. The van der Waals surface area contributed by atoms with Crippen molar-refractivity contribution in [1.82, 2.24) is 15.1 Å². The van der Waals surface area contributed by atoms with Gasteiger partial charge in [-0.15, -0.1) is 0 Å². The van der Waals surface area contributed by atoms with E-state index in [-0.39, 0.29) is 5.82 Å². The second-order valence-corrected chi connectivity index (χ2v) is 5.70. The van der Waals surface area contributed by atoms with Gasteiger partial charge < -0.3 is 5.32 Å². The van der Waals surface area contributed by atoms with Crippen LogP contribution in [0, 0.1) is 17.7 Å². The van der Waals surface area contributed by atoms with Gasteiger partial charge in [-0.2, -0.15) is 5.10 Å². The van der Waals surface area contributed by atoms with Crippen LogP contribution in [0.15, 0.2) is 30.5 Å². The molecule has 2 aromatic rings. The molecule has 98 valence electrons. The van der Waals surface area contributed by atoms with Gasteiger partial charge in [-0.25, -0.2) is 9.07 Å². The minimum atomic E-state index is -0.330. The lowest BCUT2D eigenvalue weighted by Crippen LogP contribution is -2.14. The van der Waals surface area contributed by atoms with Crippen molar-refractivity contribution in [2.45, 2.75) is 5.92 Å². The fraction of sp³-hybridized carbons (Fsp3) is 0.357. The highest BCUT2D eigenvalue weighted by Crippen LogP contribution is 2.55. The molecule has 19 heavy (non-hydrogen) atoms. The number of hydrogen-bond acceptors (Lipinski definition) is 2. The van der Waals surface area contributed by atoms with E-state index in [0.29, 0.717) is 10.9 Å². The summed E-state index contributed by atoms with van der Waals surface area (Å²) >= 11 is 6.05. The van der Waals surface area contributed by atoms with Crippen molar-refractivity contribution in [2.75, 3.05) is 13.1 Å². The van der Waals surface area contributed by atoms with Crippen LogP contribution in [0.1, 0.15) is 11.6 Å². The monoisotopic (exact) mass is 277 g/mol. The van der Waals surface area contributed by atoms with Gasteiger partial charge in [0.1, 0.15) is 5.82 Å². The van der Waals surface area contributed by atoms with Crippen LogP contribution in [-0.4, -0.2) is 22.9 Å². The first kappa shape index (κ1) is 11.4. The van der Waals surface area contributed by atoms with E-state index in [9.17, 15) is 4.39 Å². The second kappa shape index (κ2) is 4.05. The molecule has 1 aromatic carbocycles. The molecule has 1 aromatic heterocycles. The van der Waals surface area contributed by atoms with E-state index in [4.69, 9.17) is 11.6 Å². The molecule has 5 heteroatoms. The van der Waals surface area contributed by atoms with Crippen molar-refractivity contribution in [2.24, 2.45) is 11.8 Å². The maximum absolute atomic E-state index is 13.0. The number of fused-ring (bicyclic) bond motifs is 1. The van der Waals surface area contributed by atoms with Gasteiger partial charge >= 0.3 is 0 Å². The van der Waals surface area contributed by atoms with E-state index in [1.165, 1.54) is 12.1 Å². The summed E-state index contributed by atoms with van der Waals surface area (Å²) in [6, 6.07) is 6.42. The zero-order valence-corrected chi connectivity index (χ0v) is 10.9. The molecule has 1 saturated carbocycles. The summed E-state index contributed by atoms with van der Waals surface area (Å²) in [6.45, 7) is 2.19. The van der Waals surface area contributed by atoms with Gasteiger partial charge in [-0.1, -0.05) is 11.6 Å². The van der Waals surface area contributed by atoms with Crippen molar-refractivity contribution in [3.05, 3.63) is 47.0 Å². The lowest BCUT2D eigenvalue weighted by molar-refractivity contribution is 0.627. The number of nitrogens with one attached hydrogen (secondary N) is 1. The predicted octanol–water partition coefficient (Wildman–Crippen LogP) is 2.60. The molecule has 0 spiro atoms. The van der Waals surface area contributed by atoms with Crippen molar-refractivity contribution < 1.29 is 4.39 Å². The largest absolute Gasteiger partial charge is 0.316 e. The Balaban J connectivity index is 1.64. The topological polar surface area (TPSA) is 29.9 Å². The normalized spacial score (nSPS) is 28.4. The van der Waals surface area contributed by atoms with Gasteiger partial charge in [0.2, 0.25) is 0 Å².